The van der Waals surface area contributed by atoms with Gasteiger partial charge in [-0.25, -0.2) is 15.0 Å². The van der Waals surface area contributed by atoms with Gasteiger partial charge in [0.25, 0.3) is 17.7 Å². The third kappa shape index (κ3) is 8.13. The summed E-state index contributed by atoms with van der Waals surface area (Å²) >= 11 is 6.43. The number of rotatable bonds is 10. The molecule has 5 aliphatic rings. The standard InChI is InChI=1S/C44H47ClFN11O5/c1-47-32-11-9-27(21-31(32)45)56-16-15-28-33(23-56)48-24-49-40(28)52-36-13-10-30(39(46)51-36)41(59)50-26-7-5-25(6-8-26)22-54-17-19-55(20-18-54)34-4-2-3-29-38(34)44(62)57(43(29)61)35-12-14-37(58)53-42(35)60/h2-4,9-11,13,21,24-26,35,47H,5-8,12,14-20,22-23H2,1H3,(H,50,59)(H,53,58,60)(H,48,49,51,52). The van der Waals surface area contributed by atoms with Crippen LogP contribution in [-0.2, 0) is 22.6 Å². The van der Waals surface area contributed by atoms with Crippen LogP contribution < -0.4 is 31.1 Å². The smallest absolute Gasteiger partial charge is 0.264 e. The van der Waals surface area contributed by atoms with Gasteiger partial charge in [0, 0.05) is 70.0 Å². The minimum absolute atomic E-state index is 0.0697. The first-order valence-electron chi connectivity index (χ1n) is 21.2. The molecule has 1 saturated carbocycles. The molecule has 0 radical (unpaired) electrons. The predicted octanol–water partition coefficient (Wildman–Crippen LogP) is 4.52. The van der Waals surface area contributed by atoms with E-state index in [-0.39, 0.29) is 35.8 Å². The van der Waals surface area contributed by atoms with Crippen molar-refractivity contribution in [1.82, 2.24) is 35.4 Å². The minimum Gasteiger partial charge on any atom is -0.387 e. The lowest BCUT2D eigenvalue weighted by Crippen LogP contribution is -2.54. The van der Waals surface area contributed by atoms with Crippen LogP contribution in [0.4, 0.5) is 33.1 Å². The summed E-state index contributed by atoms with van der Waals surface area (Å²) in [7, 11) is 1.83. The first-order chi connectivity index (χ1) is 30.0. The summed E-state index contributed by atoms with van der Waals surface area (Å²) in [6.07, 6.45) is 5.72. The van der Waals surface area contributed by atoms with Crippen molar-refractivity contribution in [3.05, 3.63) is 93.8 Å². The first-order valence-corrected chi connectivity index (χ1v) is 21.5. The molecule has 4 N–H and O–H groups in total. The van der Waals surface area contributed by atoms with Crippen LogP contribution in [0.15, 0.2) is 54.9 Å². The third-order valence-corrected chi connectivity index (χ3v) is 13.1. The number of anilines is 5. The van der Waals surface area contributed by atoms with Crippen LogP contribution in [0.25, 0.3) is 0 Å². The van der Waals surface area contributed by atoms with Gasteiger partial charge in [-0.3, -0.25) is 39.1 Å². The molecule has 322 valence electrons. The van der Waals surface area contributed by atoms with Crippen molar-refractivity contribution in [2.24, 2.45) is 5.92 Å². The second-order valence-corrected chi connectivity index (χ2v) is 16.9. The Labute approximate surface area is 362 Å². The summed E-state index contributed by atoms with van der Waals surface area (Å²) in [5.41, 5.74) is 4.78. The number of amides is 5. The molecule has 4 aromatic rings. The van der Waals surface area contributed by atoms with E-state index in [0.717, 1.165) is 72.8 Å². The number of pyridine rings is 1. The summed E-state index contributed by atoms with van der Waals surface area (Å²) < 4.78 is 15.4. The number of carbonyl (C=O) groups excluding carboxylic acids is 5. The fourth-order valence-corrected chi connectivity index (χ4v) is 9.70. The number of imide groups is 2. The molecule has 5 amide bonds. The minimum atomic E-state index is -1.01. The molecule has 9 rings (SSSR count). The topological polar surface area (TPSA) is 185 Å². The van der Waals surface area contributed by atoms with Crippen molar-refractivity contribution in [3.63, 3.8) is 0 Å². The lowest BCUT2D eigenvalue weighted by Gasteiger charge is -2.39. The SMILES string of the molecule is CNc1ccc(N2CCc3c(ncnc3Nc3ccc(C(=O)NC4CCC(CN5CCN(c6cccc7c6C(=O)N(C6CCC(=O)NC6=O)C7=O)CC5)CC4)c(F)n3)C2)cc1Cl. The van der Waals surface area contributed by atoms with Gasteiger partial charge < -0.3 is 25.8 Å². The van der Waals surface area contributed by atoms with Gasteiger partial charge in [-0.2, -0.15) is 4.39 Å². The highest BCUT2D eigenvalue weighted by molar-refractivity contribution is 6.33. The van der Waals surface area contributed by atoms with E-state index < -0.39 is 41.5 Å². The van der Waals surface area contributed by atoms with E-state index in [2.05, 4.69) is 50.9 Å². The first kappa shape index (κ1) is 41.2. The molecule has 2 aromatic carbocycles. The van der Waals surface area contributed by atoms with E-state index in [4.69, 9.17) is 11.6 Å². The van der Waals surface area contributed by atoms with Crippen LogP contribution in [0, 0.1) is 11.9 Å². The number of benzene rings is 2. The molecular weight excluding hydrogens is 817 g/mol. The second-order valence-electron chi connectivity index (χ2n) is 16.5. The van der Waals surface area contributed by atoms with Crippen LogP contribution in [0.3, 0.4) is 0 Å². The van der Waals surface area contributed by atoms with Crippen LogP contribution >= 0.6 is 11.6 Å². The Kier molecular flexibility index (Phi) is 11.5. The zero-order valence-electron chi connectivity index (χ0n) is 34.3. The molecule has 0 spiro atoms. The Morgan fingerprint density at radius 1 is 0.903 bits per heavy atom. The monoisotopic (exact) mass is 863 g/mol. The highest BCUT2D eigenvalue weighted by Crippen LogP contribution is 2.36. The second kappa shape index (κ2) is 17.3. The van der Waals surface area contributed by atoms with Gasteiger partial charge >= 0.3 is 0 Å². The van der Waals surface area contributed by atoms with Crippen LogP contribution in [-0.4, -0.2) is 113 Å². The normalized spacial score (nSPS) is 21.7. The molecule has 4 aliphatic heterocycles. The molecule has 1 aliphatic carbocycles. The van der Waals surface area contributed by atoms with Crippen LogP contribution in [0.2, 0.25) is 5.02 Å². The number of hydrogen-bond acceptors (Lipinski definition) is 13. The molecule has 2 saturated heterocycles. The molecule has 62 heavy (non-hydrogen) atoms. The Balaban J connectivity index is 0.741. The Morgan fingerprint density at radius 2 is 1.71 bits per heavy atom. The molecule has 18 heteroatoms. The highest BCUT2D eigenvalue weighted by Gasteiger charge is 2.46. The highest BCUT2D eigenvalue weighted by atomic mass is 35.5. The van der Waals surface area contributed by atoms with Crippen molar-refractivity contribution in [2.75, 3.05) is 66.7 Å². The summed E-state index contributed by atoms with van der Waals surface area (Å²) in [4.78, 5) is 85.2. The maximum absolute atomic E-state index is 15.4. The molecule has 2 aromatic heterocycles. The quantitative estimate of drug-likeness (QED) is 0.129. The van der Waals surface area contributed by atoms with E-state index in [9.17, 15) is 24.0 Å². The van der Waals surface area contributed by atoms with Gasteiger partial charge in [0.2, 0.25) is 17.8 Å². The molecule has 1 unspecified atom stereocenters. The number of nitrogens with zero attached hydrogens (tertiary/aromatic N) is 7. The third-order valence-electron chi connectivity index (χ3n) is 12.8. The van der Waals surface area contributed by atoms with Crippen molar-refractivity contribution < 1.29 is 28.4 Å². The molecule has 3 fully saturated rings. The van der Waals surface area contributed by atoms with Gasteiger partial charge in [0.1, 0.15) is 24.0 Å². The van der Waals surface area contributed by atoms with Gasteiger partial charge in [-0.05, 0) is 86.9 Å². The largest absolute Gasteiger partial charge is 0.387 e. The molecule has 1 atom stereocenters. The summed E-state index contributed by atoms with van der Waals surface area (Å²) in [6.45, 7) is 5.06. The molecular formula is C44H47ClFN11O5. The van der Waals surface area contributed by atoms with Crippen molar-refractivity contribution in [2.45, 2.75) is 63.6 Å². The number of halogens is 2. The number of hydrogen-bond donors (Lipinski definition) is 4. The average Bonchev–Trinajstić information content (AvgIpc) is 3.53. The van der Waals surface area contributed by atoms with Gasteiger partial charge in [-0.1, -0.05) is 17.7 Å². The van der Waals surface area contributed by atoms with E-state index in [1.54, 1.807) is 18.2 Å². The zero-order chi connectivity index (χ0) is 43.1. The van der Waals surface area contributed by atoms with E-state index in [1.165, 1.54) is 12.4 Å². The number of fused-ring (bicyclic) bond motifs is 2. The van der Waals surface area contributed by atoms with Gasteiger partial charge in [0.15, 0.2) is 0 Å². The summed E-state index contributed by atoms with van der Waals surface area (Å²) in [5, 5.41) is 12.1. The Morgan fingerprint density at radius 3 is 2.45 bits per heavy atom. The van der Waals surface area contributed by atoms with E-state index >= 15 is 4.39 Å². The fraction of sp³-hybridized carbons (Fsp3) is 0.409. The number of carbonyl (C=O) groups is 5. The maximum atomic E-state index is 15.4. The van der Waals surface area contributed by atoms with Crippen molar-refractivity contribution in [1.29, 1.82) is 0 Å². The number of piperidine rings is 1. The molecule has 6 heterocycles. The predicted molar refractivity (Wildman–Crippen MR) is 230 cm³/mol. The Hall–Kier alpha value is -6.20. The number of nitrogens with one attached hydrogen (secondary N) is 4. The number of aromatic nitrogens is 3. The molecule has 16 nitrogen and oxygen atoms in total. The average molecular weight is 864 g/mol. The lowest BCUT2D eigenvalue weighted by atomic mass is 9.85. The van der Waals surface area contributed by atoms with E-state index in [0.29, 0.717) is 60.6 Å². The van der Waals surface area contributed by atoms with Gasteiger partial charge in [0.05, 0.1) is 45.3 Å². The zero-order valence-corrected chi connectivity index (χ0v) is 35.0. The van der Waals surface area contributed by atoms with Crippen molar-refractivity contribution in [3.8, 4) is 0 Å². The fourth-order valence-electron chi connectivity index (χ4n) is 9.43. The Bertz CT molecular complexity index is 2460. The summed E-state index contributed by atoms with van der Waals surface area (Å²) in [6, 6.07) is 13.1. The summed E-state index contributed by atoms with van der Waals surface area (Å²) in [5.74, 6) is -2.16. The number of piperazine rings is 1. The lowest BCUT2D eigenvalue weighted by molar-refractivity contribution is -0.136. The maximum Gasteiger partial charge on any atom is 0.264 e. The van der Waals surface area contributed by atoms with Crippen molar-refractivity contribution >= 4 is 69.8 Å². The van der Waals surface area contributed by atoms with Crippen LogP contribution in [0.5, 0.6) is 0 Å². The van der Waals surface area contributed by atoms with E-state index in [1.807, 2.05) is 31.3 Å². The van der Waals surface area contributed by atoms with Gasteiger partial charge in [-0.15, -0.1) is 0 Å². The van der Waals surface area contributed by atoms with Crippen LogP contribution in [0.1, 0.15) is 80.9 Å². The molecule has 0 bridgehead atoms.